The Morgan fingerprint density at radius 3 is 2.88 bits per heavy atom. The van der Waals surface area contributed by atoms with Crippen LogP contribution in [0.3, 0.4) is 0 Å². The molecule has 0 atom stereocenters. The molecule has 1 aromatic carbocycles. The minimum Gasteiger partial charge on any atom is -0.447 e. The number of cyclic esters (lactones) is 1. The maximum absolute atomic E-state index is 12.2. The zero-order valence-electron chi connectivity index (χ0n) is 13.1. The summed E-state index contributed by atoms with van der Waals surface area (Å²) in [4.78, 5) is 29.6. The molecule has 0 unspecified atom stereocenters. The summed E-state index contributed by atoms with van der Waals surface area (Å²) in [6, 6.07) is 8.84. The van der Waals surface area contributed by atoms with Gasteiger partial charge in [0.15, 0.2) is 0 Å². The first-order valence-electron chi connectivity index (χ1n) is 7.49. The predicted octanol–water partition coefficient (Wildman–Crippen LogP) is 3.18. The highest BCUT2D eigenvalue weighted by Gasteiger charge is 2.25. The number of hydrogen-bond acceptors (Lipinski definition) is 4. The highest BCUT2D eigenvalue weighted by Crippen LogP contribution is 2.28. The number of benzene rings is 1. The molecule has 0 radical (unpaired) electrons. The van der Waals surface area contributed by atoms with Crippen molar-refractivity contribution in [1.29, 1.82) is 0 Å². The number of amides is 2. The Balaban J connectivity index is 1.74. The molecular formula is C17H16ClN3O3. The number of nitrogens with one attached hydrogen (secondary N) is 1. The second kappa shape index (κ2) is 6.88. The molecule has 2 amide bonds. The van der Waals surface area contributed by atoms with E-state index in [9.17, 15) is 9.59 Å². The molecule has 2 heterocycles. The molecule has 0 spiro atoms. The quantitative estimate of drug-likeness (QED) is 0.923. The van der Waals surface area contributed by atoms with Gasteiger partial charge < -0.3 is 10.1 Å². The minimum atomic E-state index is -0.369. The van der Waals surface area contributed by atoms with Crippen LogP contribution in [0.25, 0.3) is 0 Å². The van der Waals surface area contributed by atoms with Crippen LogP contribution in [0.4, 0.5) is 16.2 Å². The van der Waals surface area contributed by atoms with Crippen LogP contribution in [0.2, 0.25) is 5.02 Å². The predicted molar refractivity (Wildman–Crippen MR) is 91.5 cm³/mol. The second-order valence-electron chi connectivity index (χ2n) is 5.41. The van der Waals surface area contributed by atoms with E-state index in [1.807, 2.05) is 13.0 Å². The molecule has 7 heteroatoms. The van der Waals surface area contributed by atoms with E-state index in [0.29, 0.717) is 29.6 Å². The maximum Gasteiger partial charge on any atom is 0.414 e. The number of nitrogens with zero attached hydrogens (tertiary/aromatic N) is 2. The topological polar surface area (TPSA) is 71.5 Å². The fourth-order valence-corrected chi connectivity index (χ4v) is 2.65. The molecule has 124 valence electrons. The van der Waals surface area contributed by atoms with Crippen LogP contribution in [0.15, 0.2) is 36.5 Å². The molecule has 0 aliphatic carbocycles. The van der Waals surface area contributed by atoms with Crippen LogP contribution >= 0.6 is 11.6 Å². The van der Waals surface area contributed by atoms with Crippen LogP contribution in [0, 0.1) is 6.92 Å². The monoisotopic (exact) mass is 345 g/mol. The third-order valence-electron chi connectivity index (χ3n) is 3.76. The van der Waals surface area contributed by atoms with Gasteiger partial charge >= 0.3 is 6.09 Å². The molecule has 6 nitrogen and oxygen atoms in total. The van der Waals surface area contributed by atoms with Gasteiger partial charge in [0.05, 0.1) is 23.7 Å². The number of hydrogen-bond donors (Lipinski definition) is 1. The molecule has 3 rings (SSSR count). The number of ether oxygens (including phenoxy) is 1. The number of halogens is 1. The van der Waals surface area contributed by atoms with E-state index in [2.05, 4.69) is 10.3 Å². The van der Waals surface area contributed by atoms with E-state index >= 15 is 0 Å². The van der Waals surface area contributed by atoms with E-state index in [-0.39, 0.29) is 18.4 Å². The van der Waals surface area contributed by atoms with E-state index in [4.69, 9.17) is 16.3 Å². The first kappa shape index (κ1) is 16.3. The Morgan fingerprint density at radius 1 is 1.38 bits per heavy atom. The number of carbonyl (C=O) groups excluding carboxylic acids is 2. The van der Waals surface area contributed by atoms with Gasteiger partial charge in [0, 0.05) is 17.6 Å². The molecule has 0 saturated carbocycles. The minimum absolute atomic E-state index is 0.145. The fraction of sp³-hybridized carbons (Fsp3) is 0.235. The summed E-state index contributed by atoms with van der Waals surface area (Å²) >= 11 is 5.78. The summed E-state index contributed by atoms with van der Waals surface area (Å²) in [5.74, 6) is -0.186. The lowest BCUT2D eigenvalue weighted by atomic mass is 10.1. The first-order valence-corrected chi connectivity index (χ1v) is 7.86. The van der Waals surface area contributed by atoms with E-state index in [1.165, 1.54) is 6.20 Å². The van der Waals surface area contributed by atoms with Gasteiger partial charge in [-0.1, -0.05) is 17.7 Å². The summed E-state index contributed by atoms with van der Waals surface area (Å²) in [6.07, 6.45) is 1.29. The number of anilines is 2. The highest BCUT2D eigenvalue weighted by molar-refractivity contribution is 6.30. The lowest BCUT2D eigenvalue weighted by Gasteiger charge is -2.18. The summed E-state index contributed by atoms with van der Waals surface area (Å²) in [7, 11) is 0. The number of carbonyl (C=O) groups is 2. The molecule has 1 aliphatic rings. The Kier molecular flexibility index (Phi) is 4.66. The fourth-order valence-electron chi connectivity index (χ4n) is 2.53. The third kappa shape index (κ3) is 3.49. The molecular weight excluding hydrogens is 330 g/mol. The molecule has 1 aromatic heterocycles. The van der Waals surface area contributed by atoms with Crippen molar-refractivity contribution in [1.82, 2.24) is 4.98 Å². The Labute approximate surface area is 144 Å². The second-order valence-corrected chi connectivity index (χ2v) is 5.84. The van der Waals surface area contributed by atoms with Crippen LogP contribution in [-0.2, 0) is 16.0 Å². The molecule has 2 aromatic rings. The van der Waals surface area contributed by atoms with Gasteiger partial charge in [-0.15, -0.1) is 0 Å². The zero-order chi connectivity index (χ0) is 17.1. The number of pyridine rings is 1. The van der Waals surface area contributed by atoms with Crippen molar-refractivity contribution >= 4 is 35.0 Å². The van der Waals surface area contributed by atoms with Crippen LogP contribution < -0.4 is 10.2 Å². The Morgan fingerprint density at radius 2 is 2.21 bits per heavy atom. The normalized spacial score (nSPS) is 13.8. The smallest absolute Gasteiger partial charge is 0.414 e. The van der Waals surface area contributed by atoms with E-state index < -0.39 is 0 Å². The summed E-state index contributed by atoms with van der Waals surface area (Å²) in [5.41, 5.74) is 2.84. The van der Waals surface area contributed by atoms with Crippen molar-refractivity contribution in [3.05, 3.63) is 52.8 Å². The van der Waals surface area contributed by atoms with Gasteiger partial charge in [-0.05, 0) is 36.8 Å². The molecule has 1 fully saturated rings. The molecule has 1 saturated heterocycles. The van der Waals surface area contributed by atoms with Crippen molar-refractivity contribution < 1.29 is 14.3 Å². The average molecular weight is 346 g/mol. The summed E-state index contributed by atoms with van der Waals surface area (Å²) in [5, 5.41) is 3.39. The molecule has 1 N–H and O–H groups in total. The van der Waals surface area contributed by atoms with Gasteiger partial charge in [-0.3, -0.25) is 14.7 Å². The zero-order valence-corrected chi connectivity index (χ0v) is 13.8. The number of rotatable bonds is 4. The lowest BCUT2D eigenvalue weighted by Crippen LogP contribution is -2.25. The van der Waals surface area contributed by atoms with Crippen LogP contribution in [0.1, 0.15) is 11.3 Å². The molecule has 24 heavy (non-hydrogen) atoms. The van der Waals surface area contributed by atoms with Crippen molar-refractivity contribution in [3.8, 4) is 0 Å². The van der Waals surface area contributed by atoms with Crippen molar-refractivity contribution in [3.63, 3.8) is 0 Å². The maximum atomic E-state index is 12.2. The van der Waals surface area contributed by atoms with Gasteiger partial charge in [-0.2, -0.15) is 0 Å². The Hall–Kier alpha value is -2.60. The van der Waals surface area contributed by atoms with Gasteiger partial charge in [0.25, 0.3) is 0 Å². The largest absolute Gasteiger partial charge is 0.447 e. The van der Waals surface area contributed by atoms with E-state index in [0.717, 1.165) is 11.3 Å². The Bertz CT molecular complexity index is 777. The molecule has 0 bridgehead atoms. The standard InChI is InChI=1S/C17H16ClN3O3/c1-11-14(3-2-4-15(11)21-7-8-24-17(21)23)20-16(22)9-13-6-5-12(18)10-19-13/h2-6,10H,7-9H2,1H3,(H,20,22). The summed E-state index contributed by atoms with van der Waals surface area (Å²) < 4.78 is 4.97. The van der Waals surface area contributed by atoms with Gasteiger partial charge in [0.2, 0.25) is 5.91 Å². The van der Waals surface area contributed by atoms with Crippen molar-refractivity contribution in [2.24, 2.45) is 0 Å². The summed E-state index contributed by atoms with van der Waals surface area (Å²) in [6.45, 7) is 2.74. The average Bonchev–Trinajstić information content (AvgIpc) is 2.98. The molecule has 1 aliphatic heterocycles. The van der Waals surface area contributed by atoms with Crippen molar-refractivity contribution in [2.75, 3.05) is 23.4 Å². The van der Waals surface area contributed by atoms with Gasteiger partial charge in [-0.25, -0.2) is 4.79 Å². The van der Waals surface area contributed by atoms with Crippen LogP contribution in [-0.4, -0.2) is 30.1 Å². The lowest BCUT2D eigenvalue weighted by molar-refractivity contribution is -0.115. The first-order chi connectivity index (χ1) is 11.5. The van der Waals surface area contributed by atoms with E-state index in [1.54, 1.807) is 29.2 Å². The SMILES string of the molecule is Cc1c(NC(=O)Cc2ccc(Cl)cn2)cccc1N1CCOC1=O. The number of aromatic nitrogens is 1. The van der Waals surface area contributed by atoms with Gasteiger partial charge in [0.1, 0.15) is 6.61 Å². The van der Waals surface area contributed by atoms with Crippen LogP contribution in [0.5, 0.6) is 0 Å². The highest BCUT2D eigenvalue weighted by atomic mass is 35.5. The third-order valence-corrected chi connectivity index (χ3v) is 3.98. The van der Waals surface area contributed by atoms with Crippen molar-refractivity contribution in [2.45, 2.75) is 13.3 Å².